The normalized spacial score (nSPS) is 10.1. The monoisotopic (exact) mass is 230 g/mol. The summed E-state index contributed by atoms with van der Waals surface area (Å²) >= 11 is 0.608. The molecule has 1 rings (SSSR count). The molecule has 0 fully saturated rings. The van der Waals surface area contributed by atoms with Gasteiger partial charge in [-0.1, -0.05) is 0 Å². The van der Waals surface area contributed by atoms with Crippen LogP contribution in [0.2, 0.25) is 5.32 Å². The molecular weight excluding hydrogens is 215 g/mol. The van der Waals surface area contributed by atoms with Crippen LogP contribution in [-0.4, -0.2) is 26.7 Å². The molecule has 1 aromatic carbocycles. The fourth-order valence-corrected chi connectivity index (χ4v) is 2.88. The summed E-state index contributed by atoms with van der Waals surface area (Å²) in [5.41, 5.74) is 0. The molecule has 0 aliphatic rings. The number of aliphatic hydroxyl groups excluding tert-OH is 1. The molecule has 1 nitrogen and oxygen atoms in total. The van der Waals surface area contributed by atoms with Crippen molar-refractivity contribution in [1.82, 2.24) is 0 Å². The van der Waals surface area contributed by atoms with Crippen molar-refractivity contribution in [3.05, 3.63) is 30.3 Å². The third-order valence-corrected chi connectivity index (χ3v) is 3.87. The van der Waals surface area contributed by atoms with Gasteiger partial charge < -0.3 is 0 Å². The summed E-state index contributed by atoms with van der Waals surface area (Å²) in [4.78, 5) is 0. The van der Waals surface area contributed by atoms with Crippen molar-refractivity contribution in [2.45, 2.75) is 18.2 Å². The van der Waals surface area contributed by atoms with Crippen LogP contribution in [0.15, 0.2) is 30.3 Å². The maximum absolute atomic E-state index is 8.57. The van der Waals surface area contributed by atoms with Crippen LogP contribution in [0.3, 0.4) is 0 Å². The van der Waals surface area contributed by atoms with E-state index in [1.165, 1.54) is 9.78 Å². The van der Waals surface area contributed by atoms with Crippen molar-refractivity contribution in [1.29, 1.82) is 0 Å². The summed E-state index contributed by atoms with van der Waals surface area (Å²) in [5.74, 6) is 0. The molecule has 1 N–H and O–H groups in total. The zero-order chi connectivity index (χ0) is 8.65. The average Bonchev–Trinajstić information content (AvgIpc) is 2.14. The van der Waals surface area contributed by atoms with E-state index in [4.69, 9.17) is 5.11 Å². The Labute approximate surface area is 80.0 Å². The Bertz CT molecular complexity index is 198. The van der Waals surface area contributed by atoms with Crippen LogP contribution < -0.4 is 4.46 Å². The van der Waals surface area contributed by atoms with E-state index in [9.17, 15) is 0 Å². The molecule has 0 saturated heterocycles. The van der Waals surface area contributed by atoms with Gasteiger partial charge in [-0.25, -0.2) is 0 Å². The first-order valence-electron chi connectivity index (χ1n) is 4.22. The van der Waals surface area contributed by atoms with E-state index in [2.05, 4.69) is 24.3 Å². The van der Waals surface area contributed by atoms with Gasteiger partial charge in [-0.2, -0.15) is 0 Å². The van der Waals surface area contributed by atoms with E-state index in [1.54, 1.807) is 0 Å². The number of unbranched alkanes of at least 4 members (excludes halogenated alkanes) is 1. The van der Waals surface area contributed by atoms with Crippen molar-refractivity contribution >= 4 is 19.4 Å². The number of rotatable bonds is 5. The van der Waals surface area contributed by atoms with Crippen LogP contribution >= 0.6 is 0 Å². The Morgan fingerprint density at radius 3 is 2.50 bits per heavy atom. The molecule has 2 heteroatoms. The molecule has 0 heterocycles. The van der Waals surface area contributed by atoms with Crippen LogP contribution in [0.4, 0.5) is 0 Å². The number of hydrogen-bond acceptors (Lipinski definition) is 1. The SMILES string of the molecule is OCCCC[Se]c1ccccc1. The molecule has 0 radical (unpaired) electrons. The average molecular weight is 229 g/mol. The molecule has 0 aliphatic carbocycles. The van der Waals surface area contributed by atoms with Crippen LogP contribution in [0.25, 0.3) is 0 Å². The van der Waals surface area contributed by atoms with Gasteiger partial charge in [-0.3, -0.25) is 0 Å². The van der Waals surface area contributed by atoms with Gasteiger partial charge in [0.1, 0.15) is 0 Å². The van der Waals surface area contributed by atoms with Gasteiger partial charge in [0, 0.05) is 0 Å². The fourth-order valence-electron chi connectivity index (χ4n) is 0.921. The van der Waals surface area contributed by atoms with Crippen molar-refractivity contribution in [3.8, 4) is 0 Å². The molecule has 0 unspecified atom stereocenters. The molecule has 66 valence electrons. The first-order valence-corrected chi connectivity index (χ1v) is 6.29. The predicted molar refractivity (Wildman–Crippen MR) is 53.0 cm³/mol. The van der Waals surface area contributed by atoms with E-state index < -0.39 is 0 Å². The molecule has 1 aromatic rings. The molecule has 0 atom stereocenters. The predicted octanol–water partition coefficient (Wildman–Crippen LogP) is 1.21. The number of aliphatic hydroxyl groups is 1. The molecule has 0 bridgehead atoms. The second kappa shape index (κ2) is 6.24. The van der Waals surface area contributed by atoms with Crippen LogP contribution in [-0.2, 0) is 0 Å². The fraction of sp³-hybridized carbons (Fsp3) is 0.400. The minimum atomic E-state index is 0.338. The summed E-state index contributed by atoms with van der Waals surface area (Å²) in [5, 5.41) is 9.82. The Morgan fingerprint density at radius 2 is 1.83 bits per heavy atom. The van der Waals surface area contributed by atoms with Crippen LogP contribution in [0.5, 0.6) is 0 Å². The molecule has 0 aromatic heterocycles. The van der Waals surface area contributed by atoms with Gasteiger partial charge in [0.05, 0.1) is 0 Å². The molecule has 12 heavy (non-hydrogen) atoms. The molecule has 0 saturated carbocycles. The Hall–Kier alpha value is -0.301. The zero-order valence-electron chi connectivity index (χ0n) is 7.07. The topological polar surface area (TPSA) is 20.2 Å². The number of benzene rings is 1. The van der Waals surface area contributed by atoms with Gasteiger partial charge in [-0.15, -0.1) is 0 Å². The summed E-state index contributed by atoms with van der Waals surface area (Å²) < 4.78 is 1.46. The third-order valence-electron chi connectivity index (χ3n) is 1.56. The van der Waals surface area contributed by atoms with Gasteiger partial charge in [-0.05, 0) is 0 Å². The number of hydrogen-bond donors (Lipinski definition) is 1. The molecule has 0 spiro atoms. The van der Waals surface area contributed by atoms with Crippen molar-refractivity contribution in [3.63, 3.8) is 0 Å². The molecule has 0 amide bonds. The van der Waals surface area contributed by atoms with Crippen molar-refractivity contribution < 1.29 is 5.11 Å². The van der Waals surface area contributed by atoms with E-state index in [-0.39, 0.29) is 0 Å². The summed E-state index contributed by atoms with van der Waals surface area (Å²) in [6.07, 6.45) is 2.11. The third kappa shape index (κ3) is 3.91. The minimum absolute atomic E-state index is 0.338. The quantitative estimate of drug-likeness (QED) is 0.594. The van der Waals surface area contributed by atoms with E-state index in [0.717, 1.165) is 12.8 Å². The second-order valence-corrected chi connectivity index (χ2v) is 5.04. The first kappa shape index (κ1) is 9.78. The summed E-state index contributed by atoms with van der Waals surface area (Å²) in [6.45, 7) is 0.338. The zero-order valence-corrected chi connectivity index (χ0v) is 8.78. The van der Waals surface area contributed by atoms with Gasteiger partial charge in [0.25, 0.3) is 0 Å². The van der Waals surface area contributed by atoms with Crippen LogP contribution in [0.1, 0.15) is 12.8 Å². The Morgan fingerprint density at radius 1 is 1.08 bits per heavy atom. The first-order chi connectivity index (χ1) is 5.93. The van der Waals surface area contributed by atoms with E-state index in [1.807, 2.05) is 6.07 Å². The Balaban J connectivity index is 2.16. The van der Waals surface area contributed by atoms with E-state index in [0.29, 0.717) is 21.6 Å². The standard InChI is InChI=1S/C10H14OSe/c11-8-4-5-9-12-10-6-2-1-3-7-10/h1-3,6-7,11H,4-5,8-9H2. The molecular formula is C10H14OSe. The maximum atomic E-state index is 8.57. The second-order valence-electron chi connectivity index (χ2n) is 2.59. The Kier molecular flexibility index (Phi) is 5.09. The van der Waals surface area contributed by atoms with Gasteiger partial charge in [0.2, 0.25) is 0 Å². The summed E-state index contributed by atoms with van der Waals surface area (Å²) in [6, 6.07) is 10.6. The van der Waals surface area contributed by atoms with Crippen molar-refractivity contribution in [2.24, 2.45) is 0 Å². The van der Waals surface area contributed by atoms with Gasteiger partial charge >= 0.3 is 79.6 Å². The van der Waals surface area contributed by atoms with Crippen LogP contribution in [0, 0.1) is 0 Å². The summed E-state index contributed by atoms with van der Waals surface area (Å²) in [7, 11) is 0. The van der Waals surface area contributed by atoms with Crippen molar-refractivity contribution in [2.75, 3.05) is 6.61 Å². The molecule has 0 aliphatic heterocycles. The van der Waals surface area contributed by atoms with E-state index >= 15 is 0 Å². The van der Waals surface area contributed by atoms with Gasteiger partial charge in [0.15, 0.2) is 0 Å².